The number of carbonyl (C=O) groups excluding carboxylic acids is 1. The number of benzene rings is 2. The van der Waals surface area contributed by atoms with Crippen molar-refractivity contribution in [3.8, 4) is 0 Å². The number of aromatic amines is 1. The molecule has 3 aromatic rings. The Morgan fingerprint density at radius 1 is 1.00 bits per heavy atom. The number of rotatable bonds is 2. The Hall–Kier alpha value is -2.88. The fraction of sp³-hybridized carbons (Fsp3) is 0.273. The smallest absolute Gasteiger partial charge is 0.261 e. The van der Waals surface area contributed by atoms with Gasteiger partial charge in [0, 0.05) is 22.8 Å². The highest BCUT2D eigenvalue weighted by Crippen LogP contribution is 2.14. The highest BCUT2D eigenvalue weighted by atomic mass is 16.2. The van der Waals surface area contributed by atoms with Gasteiger partial charge in [-0.1, -0.05) is 64.4 Å². The molecule has 0 aliphatic heterocycles. The van der Waals surface area contributed by atoms with Gasteiger partial charge in [-0.25, -0.2) is 0 Å². The van der Waals surface area contributed by atoms with Crippen molar-refractivity contribution in [3.05, 3.63) is 76.1 Å². The van der Waals surface area contributed by atoms with Crippen molar-refractivity contribution in [1.29, 1.82) is 0 Å². The first-order valence-corrected chi connectivity index (χ1v) is 9.05. The zero-order valence-corrected chi connectivity index (χ0v) is 16.2. The number of amides is 1. The number of hydrogen-bond donors (Lipinski definition) is 2. The van der Waals surface area contributed by atoms with Gasteiger partial charge in [0.15, 0.2) is 0 Å². The molecular weight excluding hydrogens is 324 g/mol. The van der Waals surface area contributed by atoms with Gasteiger partial charge in [-0.2, -0.15) is 0 Å². The summed E-state index contributed by atoms with van der Waals surface area (Å²) in [4.78, 5) is 27.6. The molecule has 0 saturated carbocycles. The largest absolute Gasteiger partial charge is 0.360 e. The Labute approximate surface area is 155 Å². The zero-order valence-electron chi connectivity index (χ0n) is 16.2. The predicted octanol–water partition coefficient (Wildman–Crippen LogP) is 5.53. The van der Waals surface area contributed by atoms with E-state index in [9.17, 15) is 9.59 Å². The summed E-state index contributed by atoms with van der Waals surface area (Å²) >= 11 is 0. The van der Waals surface area contributed by atoms with Gasteiger partial charge in [0.05, 0.1) is 0 Å². The van der Waals surface area contributed by atoms with E-state index in [0.29, 0.717) is 11.1 Å². The monoisotopic (exact) mass is 352 g/mol. The molecule has 0 aliphatic carbocycles. The van der Waals surface area contributed by atoms with Gasteiger partial charge in [0.1, 0.15) is 5.56 Å². The van der Waals surface area contributed by atoms with E-state index < -0.39 is 5.91 Å². The first kappa shape index (κ1) is 21.2. The van der Waals surface area contributed by atoms with E-state index in [2.05, 4.69) is 24.1 Å². The Morgan fingerprint density at radius 3 is 2.23 bits per heavy atom. The summed E-state index contributed by atoms with van der Waals surface area (Å²) in [6, 6.07) is 14.6. The Bertz CT molecular complexity index is 898. The fourth-order valence-electron chi connectivity index (χ4n) is 2.24. The van der Waals surface area contributed by atoms with E-state index >= 15 is 0 Å². The number of fused-ring (bicyclic) bond motifs is 1. The van der Waals surface area contributed by atoms with Crippen molar-refractivity contribution >= 4 is 22.5 Å². The molecule has 4 nitrogen and oxygen atoms in total. The Morgan fingerprint density at radius 2 is 1.58 bits per heavy atom. The Kier molecular flexibility index (Phi) is 8.85. The lowest BCUT2D eigenvalue weighted by atomic mass is 10.1. The molecule has 0 fully saturated rings. The average molecular weight is 352 g/mol. The average Bonchev–Trinajstić information content (AvgIpc) is 2.66. The number of hydrogen-bond acceptors (Lipinski definition) is 2. The number of aromatic nitrogens is 1. The maximum Gasteiger partial charge on any atom is 0.261 e. The minimum atomic E-state index is -0.406. The van der Waals surface area contributed by atoms with Crippen molar-refractivity contribution in [3.63, 3.8) is 0 Å². The van der Waals surface area contributed by atoms with E-state index in [1.54, 1.807) is 18.2 Å². The van der Waals surface area contributed by atoms with Crippen LogP contribution in [0.1, 0.15) is 50.0 Å². The van der Waals surface area contributed by atoms with Crippen molar-refractivity contribution in [2.45, 2.75) is 41.0 Å². The molecule has 3 rings (SSSR count). The van der Waals surface area contributed by atoms with Crippen LogP contribution in [0.15, 0.2) is 59.5 Å². The van der Waals surface area contributed by atoms with Gasteiger partial charge < -0.3 is 10.3 Å². The van der Waals surface area contributed by atoms with Gasteiger partial charge >= 0.3 is 0 Å². The highest BCUT2D eigenvalue weighted by Gasteiger charge is 2.13. The molecule has 0 bridgehead atoms. The standard InChI is InChI=1S/C17H14N2O2.C3H8.C2H6/c1-11-6-2-4-8-14(11)19-17(21)13-10-18-15-9-5-3-7-12(15)16(13)20;1-3-2;1-2/h2-10H,1H3,(H,18,20)(H,19,21);3H2,1-2H3;1-2H3. The molecule has 1 aromatic heterocycles. The molecule has 1 amide bonds. The molecule has 2 aromatic carbocycles. The summed E-state index contributed by atoms with van der Waals surface area (Å²) in [5.41, 5.74) is 2.21. The van der Waals surface area contributed by atoms with Crippen LogP contribution in [0.5, 0.6) is 0 Å². The molecule has 0 atom stereocenters. The van der Waals surface area contributed by atoms with Crippen molar-refractivity contribution in [2.24, 2.45) is 0 Å². The normalized spacial score (nSPS) is 9.42. The van der Waals surface area contributed by atoms with Crippen LogP contribution < -0.4 is 10.7 Å². The summed E-state index contributed by atoms with van der Waals surface area (Å²) < 4.78 is 0. The lowest BCUT2D eigenvalue weighted by molar-refractivity contribution is 0.102. The predicted molar refractivity (Wildman–Crippen MR) is 111 cm³/mol. The lowest BCUT2D eigenvalue weighted by Gasteiger charge is -2.08. The molecule has 0 radical (unpaired) electrons. The number of anilines is 1. The summed E-state index contributed by atoms with van der Waals surface area (Å²) in [5, 5.41) is 3.28. The molecule has 0 aliphatic rings. The molecule has 4 heteroatoms. The molecule has 0 spiro atoms. The van der Waals surface area contributed by atoms with Crippen LogP contribution in [0.25, 0.3) is 10.9 Å². The van der Waals surface area contributed by atoms with E-state index in [1.165, 1.54) is 12.6 Å². The molecule has 1 heterocycles. The number of H-pyrrole nitrogens is 1. The minimum Gasteiger partial charge on any atom is -0.360 e. The maximum atomic E-state index is 12.4. The van der Waals surface area contributed by atoms with Crippen LogP contribution in [-0.2, 0) is 0 Å². The van der Waals surface area contributed by atoms with Crippen molar-refractivity contribution in [2.75, 3.05) is 5.32 Å². The van der Waals surface area contributed by atoms with E-state index in [1.807, 2.05) is 51.1 Å². The van der Waals surface area contributed by atoms with Crippen LogP contribution in [-0.4, -0.2) is 10.9 Å². The van der Waals surface area contributed by atoms with Crippen LogP contribution in [0, 0.1) is 6.92 Å². The third kappa shape index (κ3) is 5.31. The molecule has 138 valence electrons. The summed E-state index contributed by atoms with van der Waals surface area (Å²) in [5.74, 6) is -0.406. The third-order valence-electron chi connectivity index (χ3n) is 3.43. The number of carbonyl (C=O) groups is 1. The number of para-hydroxylation sites is 2. The number of aryl methyl sites for hydroxylation is 1. The third-order valence-corrected chi connectivity index (χ3v) is 3.43. The fourth-order valence-corrected chi connectivity index (χ4v) is 2.24. The zero-order chi connectivity index (χ0) is 19.5. The molecule has 0 saturated heterocycles. The molecule has 0 unspecified atom stereocenters. The second-order valence-corrected chi connectivity index (χ2v) is 5.55. The van der Waals surface area contributed by atoms with Gasteiger partial charge in [0.2, 0.25) is 5.43 Å². The van der Waals surface area contributed by atoms with Gasteiger partial charge in [-0.05, 0) is 30.7 Å². The first-order valence-electron chi connectivity index (χ1n) is 9.05. The summed E-state index contributed by atoms with van der Waals surface area (Å²) in [6.45, 7) is 10.2. The van der Waals surface area contributed by atoms with Crippen LogP contribution in [0.3, 0.4) is 0 Å². The highest BCUT2D eigenvalue weighted by molar-refractivity contribution is 6.05. The van der Waals surface area contributed by atoms with Gasteiger partial charge in [-0.3, -0.25) is 9.59 Å². The van der Waals surface area contributed by atoms with E-state index in [0.717, 1.165) is 11.1 Å². The number of pyridine rings is 1. The minimum absolute atomic E-state index is 0.108. The quantitative estimate of drug-likeness (QED) is 0.637. The molecule has 26 heavy (non-hydrogen) atoms. The summed E-state index contributed by atoms with van der Waals surface area (Å²) in [7, 11) is 0. The second kappa shape index (κ2) is 10.9. The Balaban J connectivity index is 0.000000615. The molecular formula is C22H28N2O2. The van der Waals surface area contributed by atoms with Gasteiger partial charge in [0.25, 0.3) is 5.91 Å². The van der Waals surface area contributed by atoms with Crippen LogP contribution in [0.2, 0.25) is 0 Å². The van der Waals surface area contributed by atoms with Crippen molar-refractivity contribution < 1.29 is 4.79 Å². The topological polar surface area (TPSA) is 62.0 Å². The SMILES string of the molecule is CC.CCC.Cc1ccccc1NC(=O)c1c[nH]c2ccccc2c1=O. The van der Waals surface area contributed by atoms with Crippen LogP contribution >= 0.6 is 0 Å². The van der Waals surface area contributed by atoms with Crippen LogP contribution in [0.4, 0.5) is 5.69 Å². The van der Waals surface area contributed by atoms with Crippen molar-refractivity contribution in [1.82, 2.24) is 4.98 Å². The second-order valence-electron chi connectivity index (χ2n) is 5.55. The summed E-state index contributed by atoms with van der Waals surface area (Å²) in [6.07, 6.45) is 2.71. The first-order chi connectivity index (χ1) is 12.6. The number of nitrogens with one attached hydrogen (secondary N) is 2. The van der Waals surface area contributed by atoms with E-state index in [-0.39, 0.29) is 11.0 Å². The van der Waals surface area contributed by atoms with Gasteiger partial charge in [-0.15, -0.1) is 0 Å². The lowest BCUT2D eigenvalue weighted by Crippen LogP contribution is -2.22. The van der Waals surface area contributed by atoms with E-state index in [4.69, 9.17) is 0 Å². The maximum absolute atomic E-state index is 12.4. The molecule has 2 N–H and O–H groups in total.